The number of aromatic nitrogens is 2. The molecule has 1 amide bonds. The third kappa shape index (κ3) is 5.69. The fourth-order valence-electron chi connectivity index (χ4n) is 3.26. The average molecular weight is 422 g/mol. The zero-order valence-electron chi connectivity index (χ0n) is 17.0. The lowest BCUT2D eigenvalue weighted by molar-refractivity contribution is -0.127. The number of carbonyl (C=O) groups is 1. The van der Waals surface area contributed by atoms with Gasteiger partial charge in [-0.05, 0) is 37.1 Å². The van der Waals surface area contributed by atoms with Crippen LogP contribution in [0.1, 0.15) is 19.3 Å². The number of para-hydroxylation sites is 1. The van der Waals surface area contributed by atoms with E-state index in [1.807, 2.05) is 35.2 Å². The van der Waals surface area contributed by atoms with Gasteiger partial charge in [-0.15, -0.1) is 0 Å². The first-order valence-electron chi connectivity index (χ1n) is 10.2. The van der Waals surface area contributed by atoms with Crippen molar-refractivity contribution >= 4 is 17.5 Å². The molecular formula is C23H23FN4O3. The molecule has 0 spiro atoms. The van der Waals surface area contributed by atoms with Gasteiger partial charge < -0.3 is 19.7 Å². The van der Waals surface area contributed by atoms with E-state index in [1.54, 1.807) is 24.3 Å². The van der Waals surface area contributed by atoms with Gasteiger partial charge in [-0.1, -0.05) is 24.3 Å². The van der Waals surface area contributed by atoms with Crippen LogP contribution in [0, 0.1) is 5.82 Å². The minimum absolute atomic E-state index is 0.160. The Morgan fingerprint density at radius 2 is 1.94 bits per heavy atom. The Morgan fingerprint density at radius 1 is 1.10 bits per heavy atom. The van der Waals surface area contributed by atoms with Crippen LogP contribution in [-0.2, 0) is 4.79 Å². The first kappa shape index (κ1) is 20.6. The highest BCUT2D eigenvalue weighted by Gasteiger charge is 2.19. The standard InChI is InChI=1S/C23H23FN4O3/c24-20-16-25-23(27-22(20)31-18-8-2-1-3-9-18)26-17-7-4-10-19(15-17)30-14-6-13-28-12-5-11-21(28)29/h1-4,7-10,15-16H,5-6,11-14H2,(H,25,26,27). The smallest absolute Gasteiger partial charge is 0.260 e. The highest BCUT2D eigenvalue weighted by atomic mass is 19.1. The molecule has 31 heavy (non-hydrogen) atoms. The van der Waals surface area contributed by atoms with Crippen molar-refractivity contribution in [3.05, 3.63) is 66.6 Å². The molecule has 4 rings (SSSR count). The van der Waals surface area contributed by atoms with Crippen LogP contribution in [0.2, 0.25) is 0 Å². The number of hydrogen-bond acceptors (Lipinski definition) is 6. The van der Waals surface area contributed by atoms with E-state index in [1.165, 1.54) is 0 Å². The number of benzene rings is 2. The molecule has 1 N–H and O–H groups in total. The van der Waals surface area contributed by atoms with Gasteiger partial charge in [0, 0.05) is 31.3 Å². The van der Waals surface area contributed by atoms with Crippen molar-refractivity contribution < 1.29 is 18.7 Å². The van der Waals surface area contributed by atoms with E-state index in [4.69, 9.17) is 9.47 Å². The molecular weight excluding hydrogens is 399 g/mol. The number of nitrogens with one attached hydrogen (secondary N) is 1. The average Bonchev–Trinajstić information content (AvgIpc) is 3.19. The van der Waals surface area contributed by atoms with E-state index in [-0.39, 0.29) is 17.7 Å². The summed E-state index contributed by atoms with van der Waals surface area (Å²) in [6, 6.07) is 16.2. The van der Waals surface area contributed by atoms with Gasteiger partial charge in [0.25, 0.3) is 5.88 Å². The van der Waals surface area contributed by atoms with Crippen LogP contribution in [0.15, 0.2) is 60.8 Å². The Morgan fingerprint density at radius 3 is 2.74 bits per heavy atom. The van der Waals surface area contributed by atoms with E-state index in [0.29, 0.717) is 36.8 Å². The van der Waals surface area contributed by atoms with Crippen molar-refractivity contribution in [1.29, 1.82) is 0 Å². The molecule has 1 saturated heterocycles. The number of nitrogens with zero attached hydrogens (tertiary/aromatic N) is 3. The summed E-state index contributed by atoms with van der Waals surface area (Å²) < 4.78 is 25.4. The number of carbonyl (C=O) groups excluding carboxylic acids is 1. The summed E-state index contributed by atoms with van der Waals surface area (Å²) in [7, 11) is 0. The molecule has 2 aromatic carbocycles. The Labute approximate surface area is 179 Å². The highest BCUT2D eigenvalue weighted by molar-refractivity contribution is 5.78. The van der Waals surface area contributed by atoms with E-state index < -0.39 is 5.82 Å². The summed E-state index contributed by atoms with van der Waals surface area (Å²) in [5.41, 5.74) is 0.699. The summed E-state index contributed by atoms with van der Waals surface area (Å²) >= 11 is 0. The maximum Gasteiger partial charge on any atom is 0.260 e. The van der Waals surface area contributed by atoms with Crippen LogP contribution in [0.3, 0.4) is 0 Å². The monoisotopic (exact) mass is 422 g/mol. The van der Waals surface area contributed by atoms with Crippen molar-refractivity contribution in [2.24, 2.45) is 0 Å². The topological polar surface area (TPSA) is 76.6 Å². The van der Waals surface area contributed by atoms with Gasteiger partial charge in [-0.25, -0.2) is 4.98 Å². The van der Waals surface area contributed by atoms with Crippen molar-refractivity contribution in [3.8, 4) is 17.4 Å². The Kier molecular flexibility index (Phi) is 6.56. The fourth-order valence-corrected chi connectivity index (χ4v) is 3.26. The first-order chi connectivity index (χ1) is 15.2. The third-order valence-corrected chi connectivity index (χ3v) is 4.77. The second-order valence-corrected chi connectivity index (χ2v) is 7.10. The maximum atomic E-state index is 14.0. The molecule has 8 heteroatoms. The van der Waals surface area contributed by atoms with Gasteiger partial charge in [0.1, 0.15) is 11.5 Å². The predicted molar refractivity (Wildman–Crippen MR) is 114 cm³/mol. The molecule has 0 saturated carbocycles. The summed E-state index contributed by atoms with van der Waals surface area (Å²) in [4.78, 5) is 21.6. The maximum absolute atomic E-state index is 14.0. The quantitative estimate of drug-likeness (QED) is 0.510. The molecule has 0 atom stereocenters. The van der Waals surface area contributed by atoms with Gasteiger partial charge in [0.15, 0.2) is 0 Å². The number of anilines is 2. The number of halogens is 1. The summed E-state index contributed by atoms with van der Waals surface area (Å²) in [5.74, 6) is 0.784. The normalized spacial score (nSPS) is 13.3. The summed E-state index contributed by atoms with van der Waals surface area (Å²) in [6.45, 7) is 2.06. The van der Waals surface area contributed by atoms with E-state index in [9.17, 15) is 9.18 Å². The lowest BCUT2D eigenvalue weighted by Gasteiger charge is -2.15. The zero-order chi connectivity index (χ0) is 21.5. The predicted octanol–water partition coefficient (Wildman–Crippen LogP) is 4.54. The van der Waals surface area contributed by atoms with Crippen LogP contribution in [0.5, 0.6) is 17.4 Å². The largest absolute Gasteiger partial charge is 0.493 e. The van der Waals surface area contributed by atoms with E-state index in [0.717, 1.165) is 25.6 Å². The van der Waals surface area contributed by atoms with Crippen LogP contribution in [0.4, 0.5) is 16.0 Å². The molecule has 3 aromatic rings. The highest BCUT2D eigenvalue weighted by Crippen LogP contribution is 2.25. The number of rotatable bonds is 9. The fraction of sp³-hybridized carbons (Fsp3) is 0.261. The molecule has 0 bridgehead atoms. The van der Waals surface area contributed by atoms with Crippen LogP contribution >= 0.6 is 0 Å². The number of hydrogen-bond donors (Lipinski definition) is 1. The molecule has 1 aliphatic rings. The van der Waals surface area contributed by atoms with E-state index >= 15 is 0 Å². The van der Waals surface area contributed by atoms with Gasteiger partial charge in [0.05, 0.1) is 12.8 Å². The Balaban J connectivity index is 1.34. The van der Waals surface area contributed by atoms with Gasteiger partial charge in [-0.2, -0.15) is 9.37 Å². The van der Waals surface area contributed by atoms with Crippen molar-refractivity contribution in [1.82, 2.24) is 14.9 Å². The molecule has 1 aromatic heterocycles. The van der Waals surface area contributed by atoms with E-state index in [2.05, 4.69) is 15.3 Å². The molecule has 2 heterocycles. The Hall–Kier alpha value is -3.68. The van der Waals surface area contributed by atoms with Gasteiger partial charge >= 0.3 is 0 Å². The molecule has 160 valence electrons. The number of likely N-dealkylation sites (tertiary alicyclic amines) is 1. The summed E-state index contributed by atoms with van der Waals surface area (Å²) in [6.07, 6.45) is 3.42. The van der Waals surface area contributed by atoms with Crippen LogP contribution in [-0.4, -0.2) is 40.5 Å². The molecule has 1 aliphatic heterocycles. The second-order valence-electron chi connectivity index (χ2n) is 7.10. The van der Waals surface area contributed by atoms with Crippen LogP contribution < -0.4 is 14.8 Å². The molecule has 0 unspecified atom stereocenters. The van der Waals surface area contributed by atoms with Gasteiger partial charge in [-0.3, -0.25) is 4.79 Å². The second kappa shape index (κ2) is 9.88. The zero-order valence-corrected chi connectivity index (χ0v) is 17.0. The minimum atomic E-state index is -0.650. The summed E-state index contributed by atoms with van der Waals surface area (Å²) in [5, 5.41) is 3.04. The van der Waals surface area contributed by atoms with Crippen molar-refractivity contribution in [2.75, 3.05) is 25.0 Å². The van der Waals surface area contributed by atoms with Gasteiger partial charge in [0.2, 0.25) is 17.7 Å². The SMILES string of the molecule is O=C1CCCN1CCCOc1cccc(Nc2ncc(F)c(Oc3ccccc3)n2)c1. The lowest BCUT2D eigenvalue weighted by atomic mass is 10.3. The molecule has 0 aliphatic carbocycles. The molecule has 7 nitrogen and oxygen atoms in total. The van der Waals surface area contributed by atoms with Crippen molar-refractivity contribution in [3.63, 3.8) is 0 Å². The molecule has 0 radical (unpaired) electrons. The molecule has 1 fully saturated rings. The van der Waals surface area contributed by atoms with Crippen LogP contribution in [0.25, 0.3) is 0 Å². The lowest BCUT2D eigenvalue weighted by Crippen LogP contribution is -2.26. The number of amides is 1. The van der Waals surface area contributed by atoms with Crippen molar-refractivity contribution in [2.45, 2.75) is 19.3 Å². The Bertz CT molecular complexity index is 1030. The first-order valence-corrected chi connectivity index (χ1v) is 10.2. The minimum Gasteiger partial charge on any atom is -0.493 e. The third-order valence-electron chi connectivity index (χ3n) is 4.77. The number of ether oxygens (including phenoxy) is 2.